The fraction of sp³-hybridized carbons (Fsp3) is 0.346. The highest BCUT2D eigenvalue weighted by Gasteiger charge is 2.05. The number of carboxylic acids is 1. The fourth-order valence-electron chi connectivity index (χ4n) is 3.34. The van der Waals surface area contributed by atoms with Crippen molar-refractivity contribution in [2.24, 2.45) is 0 Å². The molecule has 0 saturated carbocycles. The van der Waals surface area contributed by atoms with Crippen molar-refractivity contribution in [3.05, 3.63) is 66.5 Å². The first-order chi connectivity index (χ1) is 15.2. The van der Waals surface area contributed by atoms with E-state index in [1.165, 1.54) is 25.7 Å². The van der Waals surface area contributed by atoms with Crippen LogP contribution in [0.5, 0.6) is 5.75 Å². The van der Waals surface area contributed by atoms with Crippen LogP contribution in [0.25, 0.3) is 22.5 Å². The summed E-state index contributed by atoms with van der Waals surface area (Å²) in [4.78, 5) is 19.7. The minimum absolute atomic E-state index is 0.132. The molecule has 0 atom stereocenters. The van der Waals surface area contributed by atoms with Crippen LogP contribution in [-0.4, -0.2) is 27.7 Å². The molecule has 0 aliphatic rings. The highest BCUT2D eigenvalue weighted by atomic mass is 16.5. The van der Waals surface area contributed by atoms with Crippen molar-refractivity contribution >= 4 is 5.97 Å². The normalized spacial score (nSPS) is 10.7. The van der Waals surface area contributed by atoms with E-state index in [0.29, 0.717) is 12.2 Å². The molecule has 0 spiro atoms. The van der Waals surface area contributed by atoms with Crippen molar-refractivity contribution in [1.29, 1.82) is 0 Å². The molecule has 1 aromatic heterocycles. The van der Waals surface area contributed by atoms with E-state index in [4.69, 9.17) is 9.84 Å². The molecule has 1 N–H and O–H groups in total. The molecule has 0 aliphatic heterocycles. The Morgan fingerprint density at radius 2 is 1.48 bits per heavy atom. The first kappa shape index (κ1) is 22.5. The zero-order chi connectivity index (χ0) is 21.9. The number of rotatable bonds is 12. The molecule has 0 fully saturated rings. The summed E-state index contributed by atoms with van der Waals surface area (Å²) in [7, 11) is 0. The molecular weight excluding hydrogens is 388 g/mol. The third-order valence-electron chi connectivity index (χ3n) is 5.20. The van der Waals surface area contributed by atoms with Crippen molar-refractivity contribution in [2.75, 3.05) is 6.61 Å². The van der Waals surface area contributed by atoms with Gasteiger partial charge in [-0.15, -0.1) is 0 Å². The molecule has 3 aromatic rings. The van der Waals surface area contributed by atoms with Crippen LogP contribution in [0.15, 0.2) is 60.9 Å². The molecule has 0 radical (unpaired) electrons. The number of aliphatic carboxylic acids is 1. The van der Waals surface area contributed by atoms with E-state index < -0.39 is 5.97 Å². The second-order valence-electron chi connectivity index (χ2n) is 7.67. The minimum atomic E-state index is -0.787. The van der Waals surface area contributed by atoms with E-state index in [0.717, 1.165) is 41.0 Å². The minimum Gasteiger partial charge on any atom is -0.494 e. The molecule has 0 bridgehead atoms. The second-order valence-corrected chi connectivity index (χ2v) is 7.67. The summed E-state index contributed by atoms with van der Waals surface area (Å²) in [6.07, 6.45) is 10.5. The summed E-state index contributed by atoms with van der Waals surface area (Å²) < 4.78 is 5.83. The van der Waals surface area contributed by atoms with E-state index in [1.807, 2.05) is 60.9 Å². The molecule has 0 saturated heterocycles. The van der Waals surface area contributed by atoms with E-state index in [9.17, 15) is 4.79 Å². The molecule has 5 nitrogen and oxygen atoms in total. The lowest BCUT2D eigenvalue weighted by Crippen LogP contribution is -1.97. The van der Waals surface area contributed by atoms with Crippen molar-refractivity contribution in [3.63, 3.8) is 0 Å². The van der Waals surface area contributed by atoms with Crippen molar-refractivity contribution < 1.29 is 14.6 Å². The third kappa shape index (κ3) is 7.21. The Morgan fingerprint density at radius 3 is 2.13 bits per heavy atom. The quantitative estimate of drug-likeness (QED) is 0.356. The Bertz CT molecular complexity index is 936. The largest absolute Gasteiger partial charge is 0.494 e. The number of hydrogen-bond acceptors (Lipinski definition) is 4. The first-order valence-electron chi connectivity index (χ1n) is 11.0. The second kappa shape index (κ2) is 11.8. The van der Waals surface area contributed by atoms with Gasteiger partial charge in [-0.3, -0.25) is 4.79 Å². The summed E-state index contributed by atoms with van der Waals surface area (Å²) >= 11 is 0. The van der Waals surface area contributed by atoms with Gasteiger partial charge in [0.15, 0.2) is 5.82 Å². The summed E-state index contributed by atoms with van der Waals surface area (Å²) in [6.45, 7) is 2.98. The predicted molar refractivity (Wildman–Crippen MR) is 123 cm³/mol. The molecular formula is C26H30N2O3. The lowest BCUT2D eigenvalue weighted by molar-refractivity contribution is -0.136. The van der Waals surface area contributed by atoms with Gasteiger partial charge in [0.25, 0.3) is 0 Å². The lowest BCUT2D eigenvalue weighted by atomic mass is 10.1. The average Bonchev–Trinajstić information content (AvgIpc) is 2.81. The summed E-state index contributed by atoms with van der Waals surface area (Å²) in [5, 5.41) is 8.79. The third-order valence-corrected chi connectivity index (χ3v) is 5.20. The van der Waals surface area contributed by atoms with E-state index >= 15 is 0 Å². The lowest BCUT2D eigenvalue weighted by Gasteiger charge is -2.08. The zero-order valence-electron chi connectivity index (χ0n) is 18.1. The zero-order valence-corrected chi connectivity index (χ0v) is 18.1. The van der Waals surface area contributed by atoms with Gasteiger partial charge in [-0.05, 0) is 36.1 Å². The molecule has 0 unspecified atom stereocenters. The maximum absolute atomic E-state index is 10.7. The molecule has 2 aromatic carbocycles. The van der Waals surface area contributed by atoms with Gasteiger partial charge in [-0.25, -0.2) is 9.97 Å². The smallest absolute Gasteiger partial charge is 0.303 e. The number of carbonyl (C=O) groups is 1. The maximum atomic E-state index is 10.7. The average molecular weight is 419 g/mol. The van der Waals surface area contributed by atoms with Crippen LogP contribution >= 0.6 is 0 Å². The monoisotopic (exact) mass is 418 g/mol. The van der Waals surface area contributed by atoms with Crippen LogP contribution in [0.3, 0.4) is 0 Å². The molecule has 3 rings (SSSR count). The van der Waals surface area contributed by atoms with Gasteiger partial charge < -0.3 is 9.84 Å². The van der Waals surface area contributed by atoms with E-state index in [-0.39, 0.29) is 6.42 Å². The van der Waals surface area contributed by atoms with Gasteiger partial charge in [0.05, 0.1) is 6.61 Å². The van der Waals surface area contributed by atoms with E-state index in [2.05, 4.69) is 16.9 Å². The fourth-order valence-corrected chi connectivity index (χ4v) is 3.34. The Morgan fingerprint density at radius 1 is 0.839 bits per heavy atom. The number of aryl methyl sites for hydroxylation is 1. The van der Waals surface area contributed by atoms with Crippen LogP contribution in [-0.2, 0) is 11.2 Å². The van der Waals surface area contributed by atoms with Gasteiger partial charge in [0.2, 0.25) is 0 Å². The van der Waals surface area contributed by atoms with Gasteiger partial charge in [0.1, 0.15) is 5.75 Å². The Balaban J connectivity index is 1.54. The maximum Gasteiger partial charge on any atom is 0.303 e. The highest BCUT2D eigenvalue weighted by Crippen LogP contribution is 2.23. The molecule has 162 valence electrons. The van der Waals surface area contributed by atoms with Gasteiger partial charge in [-0.1, -0.05) is 69.0 Å². The summed E-state index contributed by atoms with van der Waals surface area (Å²) in [5.74, 6) is 0.751. The number of ether oxygens (including phenoxy) is 1. The van der Waals surface area contributed by atoms with Crippen molar-refractivity contribution in [2.45, 2.75) is 51.9 Å². The van der Waals surface area contributed by atoms with Gasteiger partial charge in [0, 0.05) is 29.9 Å². The van der Waals surface area contributed by atoms with Crippen LogP contribution in [0.1, 0.15) is 51.0 Å². The Labute approximate surface area is 184 Å². The Kier molecular flexibility index (Phi) is 8.59. The van der Waals surface area contributed by atoms with Gasteiger partial charge in [-0.2, -0.15) is 0 Å². The molecule has 0 aliphatic carbocycles. The predicted octanol–water partition coefficient (Wildman–Crippen LogP) is 6.18. The molecule has 0 amide bonds. The standard InChI is InChI=1S/C26H30N2O3/c1-2-3-4-5-6-17-31-24-14-12-21(13-15-24)23-18-27-26(28-19-23)22-10-7-20(8-11-22)9-16-25(29)30/h7-8,10-15,18-19H,2-6,9,16-17H2,1H3,(H,29,30). The van der Waals surface area contributed by atoms with Crippen LogP contribution in [0.4, 0.5) is 0 Å². The number of aromatic nitrogens is 2. The summed E-state index contributed by atoms with van der Waals surface area (Å²) in [6, 6.07) is 15.8. The van der Waals surface area contributed by atoms with E-state index in [1.54, 1.807) is 0 Å². The van der Waals surface area contributed by atoms with Crippen LogP contribution in [0, 0.1) is 0 Å². The molecule has 5 heteroatoms. The van der Waals surface area contributed by atoms with Crippen LogP contribution in [0.2, 0.25) is 0 Å². The highest BCUT2D eigenvalue weighted by molar-refractivity contribution is 5.67. The Hall–Kier alpha value is -3.21. The van der Waals surface area contributed by atoms with Crippen molar-refractivity contribution in [1.82, 2.24) is 9.97 Å². The number of benzene rings is 2. The SMILES string of the molecule is CCCCCCCOc1ccc(-c2cnc(-c3ccc(CCC(=O)O)cc3)nc2)cc1. The number of nitrogens with zero attached hydrogens (tertiary/aromatic N) is 2. The van der Waals surface area contributed by atoms with Crippen LogP contribution < -0.4 is 4.74 Å². The summed E-state index contributed by atoms with van der Waals surface area (Å²) in [5.41, 5.74) is 3.90. The topological polar surface area (TPSA) is 72.3 Å². The first-order valence-corrected chi connectivity index (χ1v) is 11.0. The number of carboxylic acid groups (broad SMARTS) is 1. The molecule has 31 heavy (non-hydrogen) atoms. The molecule has 1 heterocycles. The number of hydrogen-bond donors (Lipinski definition) is 1. The van der Waals surface area contributed by atoms with Crippen molar-refractivity contribution in [3.8, 4) is 28.3 Å². The number of unbranched alkanes of at least 4 members (excludes halogenated alkanes) is 4. The van der Waals surface area contributed by atoms with Gasteiger partial charge >= 0.3 is 5.97 Å².